The van der Waals surface area contributed by atoms with Crippen LogP contribution in [0.15, 0.2) is 60.7 Å². The van der Waals surface area contributed by atoms with Gasteiger partial charge in [0.25, 0.3) is 0 Å². The molecule has 11 nitrogen and oxygen atoms in total. The predicted octanol–water partition coefficient (Wildman–Crippen LogP) is 11.5. The molecule has 0 aromatic carbocycles. The average molecular weight is 997 g/mol. The van der Waals surface area contributed by atoms with Gasteiger partial charge in [-0.1, -0.05) is 11.6 Å². The number of aliphatic hydroxyl groups excluding tert-OH is 1. The van der Waals surface area contributed by atoms with Crippen LogP contribution in [0.3, 0.4) is 0 Å². The molecule has 0 aliphatic carbocycles. The lowest BCUT2D eigenvalue weighted by Gasteiger charge is -2.10. The lowest BCUT2D eigenvalue weighted by molar-refractivity contribution is -0.139. The number of nitriles is 1. The van der Waals surface area contributed by atoms with E-state index < -0.39 is 99.5 Å². The van der Waals surface area contributed by atoms with Crippen LogP contribution >= 0.6 is 11.6 Å². The number of rotatable bonds is 3. The van der Waals surface area contributed by atoms with Gasteiger partial charge in [-0.15, -0.1) is 0 Å². The molecule has 0 saturated heterocycles. The highest BCUT2D eigenvalue weighted by Gasteiger charge is 2.38. The molecule has 0 spiro atoms. The molecule has 5 aromatic heterocycles. The minimum Gasteiger partial charge on any atom is -0.476 e. The molecular formula is C40H32ClF15N6O5. The normalized spacial score (nSPS) is 11.4. The average Bonchev–Trinajstić information content (AvgIpc) is 3.19. The van der Waals surface area contributed by atoms with E-state index >= 15 is 0 Å². The fraction of sp³-hybridized carbons (Fsp3) is 0.300. The maximum absolute atomic E-state index is 12.4. The molecule has 0 aliphatic heterocycles. The van der Waals surface area contributed by atoms with E-state index in [2.05, 4.69) is 29.7 Å². The Kier molecular flexibility index (Phi) is 20.7. The minimum atomic E-state index is -4.69. The van der Waals surface area contributed by atoms with E-state index in [9.17, 15) is 75.4 Å². The fourth-order valence-electron chi connectivity index (χ4n) is 4.58. The predicted molar refractivity (Wildman–Crippen MR) is 204 cm³/mol. The first-order chi connectivity index (χ1) is 30.5. The van der Waals surface area contributed by atoms with Gasteiger partial charge in [0.1, 0.15) is 11.2 Å². The Bertz CT molecular complexity index is 2540. The molecule has 0 bridgehead atoms. The lowest BCUT2D eigenvalue weighted by Crippen LogP contribution is -2.16. The summed E-state index contributed by atoms with van der Waals surface area (Å²) in [6, 6.07) is 11.7. The first-order valence-electron chi connectivity index (χ1n) is 17.7. The van der Waals surface area contributed by atoms with Crippen LogP contribution in [0.25, 0.3) is 0 Å². The second-order valence-corrected chi connectivity index (χ2v) is 13.2. The maximum atomic E-state index is 12.4. The highest BCUT2D eigenvalue weighted by atomic mass is 35.5. The number of esters is 1. The Morgan fingerprint density at radius 2 is 0.866 bits per heavy atom. The number of aromatic nitrogens is 5. The van der Waals surface area contributed by atoms with E-state index in [1.807, 2.05) is 0 Å². The second-order valence-electron chi connectivity index (χ2n) is 12.8. The number of hydrogen-bond donors (Lipinski definition) is 2. The third kappa shape index (κ3) is 18.7. The van der Waals surface area contributed by atoms with Crippen LogP contribution in [-0.2, 0) is 42.2 Å². The number of aryl methyl sites for hydroxylation is 5. The summed E-state index contributed by atoms with van der Waals surface area (Å²) in [5, 5.41) is 25.0. The number of ether oxygens (including phenoxy) is 1. The zero-order valence-corrected chi connectivity index (χ0v) is 35.6. The number of aromatic carboxylic acids is 1. The van der Waals surface area contributed by atoms with Crippen molar-refractivity contribution in [2.45, 2.75) is 72.1 Å². The van der Waals surface area contributed by atoms with Crippen molar-refractivity contribution in [3.63, 3.8) is 0 Å². The van der Waals surface area contributed by atoms with Crippen LogP contribution in [0.4, 0.5) is 65.9 Å². The van der Waals surface area contributed by atoms with Crippen molar-refractivity contribution in [1.82, 2.24) is 24.9 Å². The molecule has 0 atom stereocenters. The molecule has 0 radical (unpaired) electrons. The summed E-state index contributed by atoms with van der Waals surface area (Å²) in [7, 11) is 1.01. The largest absolute Gasteiger partial charge is 0.476 e. The van der Waals surface area contributed by atoms with Crippen molar-refractivity contribution in [1.29, 1.82) is 5.26 Å². The van der Waals surface area contributed by atoms with Gasteiger partial charge in [-0.25, -0.2) is 29.5 Å². The van der Waals surface area contributed by atoms with Crippen LogP contribution in [0.5, 0.6) is 0 Å². The van der Waals surface area contributed by atoms with Crippen molar-refractivity contribution in [2.24, 2.45) is 0 Å². The third-order valence-electron chi connectivity index (χ3n) is 7.57. The smallest absolute Gasteiger partial charge is 0.419 e. The van der Waals surface area contributed by atoms with Gasteiger partial charge in [0.05, 0.1) is 47.2 Å². The molecule has 364 valence electrons. The van der Waals surface area contributed by atoms with Gasteiger partial charge in [0, 0.05) is 28.5 Å². The SMILES string of the molecule is COC(=O)c1nc(C)ccc1C(F)(F)F.Cc1ccc(C(F)(F)F)c(C#N)n1.Cc1ccc(C(F)(F)F)c(C(=O)O)n1.Cc1ccc(C(F)(F)F)c(CO)n1.Cc1ccc(C(F)(F)F)c(Cl)n1. The molecule has 27 heteroatoms. The zero-order valence-electron chi connectivity index (χ0n) is 34.8. The van der Waals surface area contributed by atoms with Crippen molar-refractivity contribution >= 4 is 23.5 Å². The van der Waals surface area contributed by atoms with Crippen LogP contribution < -0.4 is 0 Å². The maximum Gasteiger partial charge on any atom is 0.419 e. The van der Waals surface area contributed by atoms with Crippen molar-refractivity contribution in [3.05, 3.63) is 145 Å². The number of carboxylic acid groups (broad SMARTS) is 1. The standard InChI is InChI=1S/C9H8F3NO2.C8H5F3N2.C8H6F3NO2.C8H8F3NO.C7H5ClF3N/c1-5-3-4-6(9(10,11)12)7(13-5)8(14)15-2;1-5-2-3-6(8(9,10)11)7(4-12)13-5;1-4-2-3-5(8(9,10)11)6(12-4)7(13)14;1-5-2-3-6(8(9,10)11)7(4-13)12-5;1-4-2-3-5(6(8)12-4)7(9,10)11/h3-4H,1-2H3;2-3H,1H3;2-3H,1H3,(H,13,14);2-3,13H,4H2,1H3;2-3H,1H3. The molecule has 0 fully saturated rings. The zero-order chi connectivity index (χ0) is 52.0. The van der Waals surface area contributed by atoms with Crippen LogP contribution in [0, 0.1) is 45.9 Å². The molecule has 5 aromatic rings. The summed E-state index contributed by atoms with van der Waals surface area (Å²) in [4.78, 5) is 38.9. The second kappa shape index (κ2) is 23.7. The number of alkyl halides is 15. The topological polar surface area (TPSA) is 172 Å². The molecule has 5 rings (SSSR count). The molecular weight excluding hydrogens is 965 g/mol. The molecule has 0 saturated carbocycles. The van der Waals surface area contributed by atoms with E-state index in [-0.39, 0.29) is 11.4 Å². The summed E-state index contributed by atoms with van der Waals surface area (Å²) < 4.78 is 188. The van der Waals surface area contributed by atoms with Crippen molar-refractivity contribution in [3.8, 4) is 6.07 Å². The quantitative estimate of drug-likeness (QED) is 0.100. The van der Waals surface area contributed by atoms with Crippen LogP contribution in [0.2, 0.25) is 5.15 Å². The van der Waals surface area contributed by atoms with E-state index in [0.29, 0.717) is 28.8 Å². The fourth-order valence-corrected chi connectivity index (χ4v) is 4.89. The number of carbonyl (C=O) groups is 2. The first-order valence-corrected chi connectivity index (χ1v) is 18.1. The van der Waals surface area contributed by atoms with Gasteiger partial charge in [0.15, 0.2) is 17.1 Å². The molecule has 67 heavy (non-hydrogen) atoms. The molecule has 2 N–H and O–H groups in total. The van der Waals surface area contributed by atoms with Crippen LogP contribution in [-0.4, -0.2) is 54.2 Å². The number of carboxylic acids is 1. The highest BCUT2D eigenvalue weighted by Crippen LogP contribution is 2.35. The molecule has 0 amide bonds. The molecule has 0 unspecified atom stereocenters. The molecule has 0 aliphatic rings. The van der Waals surface area contributed by atoms with Gasteiger partial charge >= 0.3 is 42.8 Å². The Morgan fingerprint density at radius 1 is 0.537 bits per heavy atom. The van der Waals surface area contributed by atoms with Crippen LogP contribution in [0.1, 0.15) is 88.7 Å². The summed E-state index contributed by atoms with van der Waals surface area (Å²) in [6.45, 7) is 6.89. The number of nitrogens with zero attached hydrogens (tertiary/aromatic N) is 6. The minimum absolute atomic E-state index is 0.232. The Balaban J connectivity index is 0.000000420. The van der Waals surface area contributed by atoms with E-state index in [1.165, 1.54) is 51.1 Å². The Labute approximate surface area is 373 Å². The highest BCUT2D eigenvalue weighted by molar-refractivity contribution is 6.30. The number of methoxy groups -OCH3 is 1. The Morgan fingerprint density at radius 3 is 1.22 bits per heavy atom. The lowest BCUT2D eigenvalue weighted by atomic mass is 10.1. The van der Waals surface area contributed by atoms with E-state index in [1.54, 1.807) is 13.8 Å². The van der Waals surface area contributed by atoms with Gasteiger partial charge in [-0.3, -0.25) is 4.98 Å². The van der Waals surface area contributed by atoms with E-state index in [4.69, 9.17) is 27.1 Å². The monoisotopic (exact) mass is 996 g/mol. The number of carbonyl (C=O) groups excluding carboxylic acids is 1. The number of hydrogen-bond acceptors (Lipinski definition) is 10. The molecule has 5 heterocycles. The van der Waals surface area contributed by atoms with Gasteiger partial charge in [-0.05, 0) is 95.3 Å². The van der Waals surface area contributed by atoms with Crippen molar-refractivity contribution in [2.75, 3.05) is 7.11 Å². The number of pyridine rings is 5. The van der Waals surface area contributed by atoms with Gasteiger partial charge in [0.2, 0.25) is 0 Å². The van der Waals surface area contributed by atoms with Gasteiger partial charge < -0.3 is 14.9 Å². The summed E-state index contributed by atoms with van der Waals surface area (Å²) in [5.74, 6) is -2.77. The number of aliphatic hydroxyl groups is 1. The van der Waals surface area contributed by atoms with Crippen molar-refractivity contribution < 1.29 is 90.4 Å². The third-order valence-corrected chi connectivity index (χ3v) is 7.86. The Hall–Kier alpha value is -6.62. The first kappa shape index (κ1) is 58.4. The summed E-state index contributed by atoms with van der Waals surface area (Å²) in [6.07, 6.45) is -22.7. The summed E-state index contributed by atoms with van der Waals surface area (Å²) >= 11 is 5.28. The number of halogens is 16. The summed E-state index contributed by atoms with van der Waals surface area (Å²) in [5.41, 5.74) is -5.76. The van der Waals surface area contributed by atoms with Gasteiger partial charge in [-0.2, -0.15) is 71.1 Å². The van der Waals surface area contributed by atoms with E-state index in [0.717, 1.165) is 37.4 Å².